The largest absolute Gasteiger partial charge is 0.478 e. The van der Waals surface area contributed by atoms with Crippen molar-refractivity contribution in [2.75, 3.05) is 12.0 Å². The minimum atomic E-state index is -3.15. The number of carboxylic acids is 1. The highest BCUT2D eigenvalue weighted by molar-refractivity contribution is 7.90. The first kappa shape index (κ1) is 16.9. The van der Waals surface area contributed by atoms with E-state index in [2.05, 4.69) is 5.32 Å². The van der Waals surface area contributed by atoms with E-state index < -0.39 is 21.8 Å². The average Bonchev–Trinajstić information content (AvgIpc) is 2.34. The molecule has 1 aromatic rings. The third kappa shape index (κ3) is 6.71. The lowest BCUT2D eigenvalue weighted by molar-refractivity contribution is -0.131. The van der Waals surface area contributed by atoms with Crippen LogP contribution in [0.4, 0.5) is 0 Å². The highest BCUT2D eigenvalue weighted by Gasteiger charge is 2.14. The molecule has 114 valence electrons. The normalized spacial score (nSPS) is 13.0. The van der Waals surface area contributed by atoms with Crippen molar-refractivity contribution >= 4 is 27.8 Å². The van der Waals surface area contributed by atoms with Crippen molar-refractivity contribution in [1.82, 2.24) is 5.32 Å². The van der Waals surface area contributed by atoms with Crippen LogP contribution in [-0.4, -0.2) is 43.5 Å². The summed E-state index contributed by atoms with van der Waals surface area (Å²) in [6.45, 7) is 1.61. The summed E-state index contributed by atoms with van der Waals surface area (Å²) in [4.78, 5) is 22.3. The Morgan fingerprint density at radius 1 is 1.29 bits per heavy atom. The maximum atomic E-state index is 11.9. The molecule has 1 atom stereocenters. The van der Waals surface area contributed by atoms with Gasteiger partial charge >= 0.3 is 5.97 Å². The van der Waals surface area contributed by atoms with E-state index in [4.69, 9.17) is 5.11 Å². The van der Waals surface area contributed by atoms with Crippen molar-refractivity contribution in [3.63, 3.8) is 0 Å². The van der Waals surface area contributed by atoms with Gasteiger partial charge in [0.2, 0.25) is 0 Å². The molecule has 2 N–H and O–H groups in total. The van der Waals surface area contributed by atoms with Gasteiger partial charge < -0.3 is 10.4 Å². The summed E-state index contributed by atoms with van der Waals surface area (Å²) in [7, 11) is -3.15. The van der Waals surface area contributed by atoms with Gasteiger partial charge in [-0.2, -0.15) is 0 Å². The van der Waals surface area contributed by atoms with Crippen LogP contribution in [0, 0.1) is 0 Å². The van der Waals surface area contributed by atoms with Gasteiger partial charge in [-0.05, 0) is 30.7 Å². The molecule has 7 heteroatoms. The lowest BCUT2D eigenvalue weighted by atomic mass is 10.1. The summed E-state index contributed by atoms with van der Waals surface area (Å²) in [6, 6.07) is 5.82. The molecule has 0 saturated heterocycles. The highest BCUT2D eigenvalue weighted by atomic mass is 32.2. The maximum absolute atomic E-state index is 11.9. The minimum absolute atomic E-state index is 0.127. The van der Waals surface area contributed by atoms with Gasteiger partial charge in [-0.15, -0.1) is 0 Å². The van der Waals surface area contributed by atoms with Crippen LogP contribution < -0.4 is 5.32 Å². The molecule has 0 saturated carbocycles. The average molecular weight is 311 g/mol. The molecule has 6 nitrogen and oxygen atoms in total. The van der Waals surface area contributed by atoms with E-state index in [0.29, 0.717) is 11.1 Å². The number of benzene rings is 1. The number of sulfone groups is 1. The predicted octanol–water partition coefficient (Wildman–Crippen LogP) is 0.947. The molecule has 1 aromatic carbocycles. The van der Waals surface area contributed by atoms with Gasteiger partial charge in [0.15, 0.2) is 0 Å². The molecular formula is C14H17NO5S. The van der Waals surface area contributed by atoms with Crippen molar-refractivity contribution in [2.45, 2.75) is 13.0 Å². The van der Waals surface area contributed by atoms with E-state index in [1.54, 1.807) is 31.2 Å². The molecule has 0 heterocycles. The highest BCUT2D eigenvalue weighted by Crippen LogP contribution is 2.07. The number of hydrogen-bond donors (Lipinski definition) is 2. The molecular weight excluding hydrogens is 294 g/mol. The van der Waals surface area contributed by atoms with E-state index in [1.807, 2.05) is 0 Å². The Labute approximate surface area is 123 Å². The van der Waals surface area contributed by atoms with Crippen molar-refractivity contribution in [2.24, 2.45) is 0 Å². The summed E-state index contributed by atoms with van der Waals surface area (Å²) in [5.41, 5.74) is 1.03. The standard InChI is InChI=1S/C14H17NO5S/c1-10(9-21(2,19)20)15-14(18)12-6-3-11(4-7-12)5-8-13(16)17/h3-8,10H,9H2,1-2H3,(H,15,18)(H,16,17). The van der Waals surface area contributed by atoms with Crippen LogP contribution in [0.2, 0.25) is 0 Å². The first-order chi connectivity index (χ1) is 9.67. The fraction of sp³-hybridized carbons (Fsp3) is 0.286. The Morgan fingerprint density at radius 2 is 1.86 bits per heavy atom. The van der Waals surface area contributed by atoms with E-state index in [0.717, 1.165) is 12.3 Å². The molecule has 0 spiro atoms. The molecule has 0 aliphatic heterocycles. The maximum Gasteiger partial charge on any atom is 0.328 e. The Bertz CT molecular complexity index is 646. The number of rotatable bonds is 6. The van der Waals surface area contributed by atoms with Gasteiger partial charge in [-0.1, -0.05) is 12.1 Å². The second kappa shape index (κ2) is 7.03. The Hall–Kier alpha value is -2.15. The van der Waals surface area contributed by atoms with Crippen molar-refractivity contribution in [3.05, 3.63) is 41.5 Å². The van der Waals surface area contributed by atoms with Crippen LogP contribution in [0.25, 0.3) is 6.08 Å². The molecule has 0 aliphatic carbocycles. The van der Waals surface area contributed by atoms with Crippen LogP contribution in [0.1, 0.15) is 22.8 Å². The molecule has 0 fully saturated rings. The van der Waals surface area contributed by atoms with Crippen LogP contribution in [0.3, 0.4) is 0 Å². The lowest BCUT2D eigenvalue weighted by Gasteiger charge is -2.12. The number of amides is 1. The smallest absolute Gasteiger partial charge is 0.328 e. The Balaban J connectivity index is 2.69. The van der Waals surface area contributed by atoms with Crippen LogP contribution >= 0.6 is 0 Å². The van der Waals surface area contributed by atoms with Gasteiger partial charge in [0, 0.05) is 23.9 Å². The molecule has 1 rings (SSSR count). The molecule has 1 amide bonds. The summed E-state index contributed by atoms with van der Waals surface area (Å²) < 4.78 is 22.2. The molecule has 1 unspecified atom stereocenters. The first-order valence-electron chi connectivity index (χ1n) is 6.17. The van der Waals surface area contributed by atoms with E-state index in [1.165, 1.54) is 6.08 Å². The van der Waals surface area contributed by atoms with Crippen molar-refractivity contribution in [3.8, 4) is 0 Å². The van der Waals surface area contributed by atoms with Gasteiger partial charge in [0.05, 0.1) is 5.75 Å². The zero-order chi connectivity index (χ0) is 16.0. The summed E-state index contributed by atoms with van der Waals surface area (Å²) in [5.74, 6) is -1.55. The van der Waals surface area contributed by atoms with Crippen LogP contribution in [0.15, 0.2) is 30.3 Å². The minimum Gasteiger partial charge on any atom is -0.478 e. The molecule has 21 heavy (non-hydrogen) atoms. The number of hydrogen-bond acceptors (Lipinski definition) is 4. The summed E-state index contributed by atoms with van der Waals surface area (Å²) >= 11 is 0. The van der Waals surface area contributed by atoms with Gasteiger partial charge in [0.1, 0.15) is 9.84 Å². The quantitative estimate of drug-likeness (QED) is 0.762. The van der Waals surface area contributed by atoms with E-state index in [-0.39, 0.29) is 11.7 Å². The number of nitrogens with one attached hydrogen (secondary N) is 1. The number of carbonyl (C=O) groups excluding carboxylic acids is 1. The number of aliphatic carboxylic acids is 1. The summed E-state index contributed by atoms with van der Waals surface area (Å²) in [6.07, 6.45) is 3.53. The SMILES string of the molecule is CC(CS(C)(=O)=O)NC(=O)c1ccc(C=CC(=O)O)cc1. The van der Waals surface area contributed by atoms with E-state index >= 15 is 0 Å². The van der Waals surface area contributed by atoms with Gasteiger partial charge in [-0.25, -0.2) is 13.2 Å². The van der Waals surface area contributed by atoms with Gasteiger partial charge in [0.25, 0.3) is 5.91 Å². The molecule has 0 aromatic heterocycles. The van der Waals surface area contributed by atoms with Crippen LogP contribution in [-0.2, 0) is 14.6 Å². The molecule has 0 aliphatic rings. The van der Waals surface area contributed by atoms with Crippen LogP contribution in [0.5, 0.6) is 0 Å². The Morgan fingerprint density at radius 3 is 2.33 bits per heavy atom. The number of carbonyl (C=O) groups is 2. The fourth-order valence-corrected chi connectivity index (χ4v) is 2.71. The third-order valence-corrected chi connectivity index (χ3v) is 3.63. The first-order valence-corrected chi connectivity index (χ1v) is 8.23. The van der Waals surface area contributed by atoms with E-state index in [9.17, 15) is 18.0 Å². The molecule has 0 radical (unpaired) electrons. The zero-order valence-electron chi connectivity index (χ0n) is 11.7. The van der Waals surface area contributed by atoms with Gasteiger partial charge in [-0.3, -0.25) is 4.79 Å². The second-order valence-electron chi connectivity index (χ2n) is 4.76. The lowest BCUT2D eigenvalue weighted by Crippen LogP contribution is -2.37. The van der Waals surface area contributed by atoms with Crippen molar-refractivity contribution < 1.29 is 23.1 Å². The predicted molar refractivity (Wildman–Crippen MR) is 79.8 cm³/mol. The Kier molecular flexibility index (Phi) is 5.66. The topological polar surface area (TPSA) is 101 Å². The zero-order valence-corrected chi connectivity index (χ0v) is 12.6. The number of carboxylic acid groups (broad SMARTS) is 1. The monoisotopic (exact) mass is 311 g/mol. The van der Waals surface area contributed by atoms with Crippen molar-refractivity contribution in [1.29, 1.82) is 0 Å². The fourth-order valence-electron chi connectivity index (χ4n) is 1.72. The second-order valence-corrected chi connectivity index (χ2v) is 6.95. The summed E-state index contributed by atoms with van der Waals surface area (Å²) in [5, 5.41) is 11.1. The molecule has 0 bridgehead atoms. The third-order valence-electron chi connectivity index (χ3n) is 2.52.